The third-order valence-electron chi connectivity index (χ3n) is 4.43. The maximum Gasteiger partial charge on any atom is 0.267 e. The number of thiazole rings is 1. The molecule has 158 valence electrons. The summed E-state index contributed by atoms with van der Waals surface area (Å²) in [5, 5.41) is 1.20. The highest BCUT2D eigenvalue weighted by atomic mass is 35.5. The maximum absolute atomic E-state index is 13.1. The standard InChI is InChI=1S/C23H20ClN3O3S/c1-2-29-19-9-10-20-21(12-19)31-23(26-20)27(14-16-4-3-11-25-13-16)22(28)15-30-18-7-5-17(24)6-8-18/h3-13H,2,14-15H2,1H3. The van der Waals surface area contributed by atoms with Gasteiger partial charge in [0.1, 0.15) is 11.5 Å². The number of rotatable bonds is 8. The molecule has 0 aliphatic rings. The van der Waals surface area contributed by atoms with Gasteiger partial charge in [-0.1, -0.05) is 29.0 Å². The van der Waals surface area contributed by atoms with Crippen LogP contribution in [0.2, 0.25) is 5.02 Å². The molecule has 2 heterocycles. The first-order valence-corrected chi connectivity index (χ1v) is 10.9. The Balaban J connectivity index is 1.59. The van der Waals surface area contributed by atoms with Crippen molar-refractivity contribution in [1.82, 2.24) is 9.97 Å². The molecular weight excluding hydrogens is 434 g/mol. The maximum atomic E-state index is 13.1. The summed E-state index contributed by atoms with van der Waals surface area (Å²) in [5.74, 6) is 1.15. The number of aromatic nitrogens is 2. The molecule has 0 N–H and O–H groups in total. The van der Waals surface area contributed by atoms with Crippen molar-refractivity contribution in [2.75, 3.05) is 18.1 Å². The minimum atomic E-state index is -0.206. The largest absolute Gasteiger partial charge is 0.494 e. The predicted octanol–water partition coefficient (Wildman–Crippen LogP) is 5.36. The van der Waals surface area contributed by atoms with E-state index in [1.165, 1.54) is 11.3 Å². The van der Waals surface area contributed by atoms with Crippen LogP contribution in [0, 0.1) is 0 Å². The number of amides is 1. The van der Waals surface area contributed by atoms with Gasteiger partial charge in [0.15, 0.2) is 11.7 Å². The van der Waals surface area contributed by atoms with Crippen LogP contribution in [0.5, 0.6) is 11.5 Å². The number of halogens is 1. The van der Waals surface area contributed by atoms with Gasteiger partial charge in [0.2, 0.25) is 0 Å². The average molecular weight is 454 g/mol. The van der Waals surface area contributed by atoms with Gasteiger partial charge in [-0.2, -0.15) is 0 Å². The fraction of sp³-hybridized carbons (Fsp3) is 0.174. The van der Waals surface area contributed by atoms with Crippen LogP contribution in [0.15, 0.2) is 67.0 Å². The van der Waals surface area contributed by atoms with Gasteiger partial charge in [-0.15, -0.1) is 0 Å². The molecule has 0 fully saturated rings. The molecule has 0 unspecified atom stereocenters. The fourth-order valence-electron chi connectivity index (χ4n) is 2.96. The van der Waals surface area contributed by atoms with Crippen molar-refractivity contribution in [2.45, 2.75) is 13.5 Å². The second kappa shape index (κ2) is 9.76. The van der Waals surface area contributed by atoms with E-state index in [1.807, 2.05) is 37.3 Å². The van der Waals surface area contributed by atoms with Crippen molar-refractivity contribution in [3.8, 4) is 11.5 Å². The number of carbonyl (C=O) groups excluding carboxylic acids is 1. The second-order valence-electron chi connectivity index (χ2n) is 6.64. The van der Waals surface area contributed by atoms with Crippen LogP contribution < -0.4 is 14.4 Å². The monoisotopic (exact) mass is 453 g/mol. The van der Waals surface area contributed by atoms with Crippen molar-refractivity contribution in [1.29, 1.82) is 0 Å². The SMILES string of the molecule is CCOc1ccc2nc(N(Cc3cccnc3)C(=O)COc3ccc(Cl)cc3)sc2c1. The van der Waals surface area contributed by atoms with E-state index < -0.39 is 0 Å². The summed E-state index contributed by atoms with van der Waals surface area (Å²) in [6, 6.07) is 16.4. The summed E-state index contributed by atoms with van der Waals surface area (Å²) in [7, 11) is 0. The van der Waals surface area contributed by atoms with Gasteiger partial charge >= 0.3 is 0 Å². The first-order chi connectivity index (χ1) is 15.1. The summed E-state index contributed by atoms with van der Waals surface area (Å²) in [4.78, 5) is 23.6. The van der Waals surface area contributed by atoms with Crippen LogP contribution in [0.4, 0.5) is 5.13 Å². The molecule has 6 nitrogen and oxygen atoms in total. The molecule has 0 bridgehead atoms. The molecule has 4 aromatic rings. The Morgan fingerprint density at radius 1 is 1.10 bits per heavy atom. The minimum Gasteiger partial charge on any atom is -0.494 e. The number of anilines is 1. The van der Waals surface area contributed by atoms with Gasteiger partial charge in [0, 0.05) is 17.4 Å². The lowest BCUT2D eigenvalue weighted by atomic mass is 10.2. The molecule has 0 spiro atoms. The lowest BCUT2D eigenvalue weighted by Gasteiger charge is -2.20. The molecule has 0 aliphatic heterocycles. The van der Waals surface area contributed by atoms with Crippen LogP contribution in [0.3, 0.4) is 0 Å². The number of carbonyl (C=O) groups is 1. The van der Waals surface area contributed by atoms with Crippen LogP contribution in [0.25, 0.3) is 10.2 Å². The number of ether oxygens (including phenoxy) is 2. The molecule has 0 saturated carbocycles. The Labute approximate surface area is 189 Å². The Bertz CT molecular complexity index is 1170. The van der Waals surface area contributed by atoms with Gasteiger partial charge in [-0.05, 0) is 61.0 Å². The van der Waals surface area contributed by atoms with Crippen molar-refractivity contribution in [2.24, 2.45) is 0 Å². The highest BCUT2D eigenvalue weighted by Gasteiger charge is 2.21. The Morgan fingerprint density at radius 2 is 1.90 bits per heavy atom. The summed E-state index contributed by atoms with van der Waals surface area (Å²) in [5.41, 5.74) is 1.71. The zero-order valence-electron chi connectivity index (χ0n) is 16.8. The first-order valence-electron chi connectivity index (χ1n) is 9.73. The lowest BCUT2D eigenvalue weighted by Crippen LogP contribution is -2.34. The van der Waals surface area contributed by atoms with Crippen LogP contribution in [-0.4, -0.2) is 29.1 Å². The highest BCUT2D eigenvalue weighted by molar-refractivity contribution is 7.22. The van der Waals surface area contributed by atoms with Crippen molar-refractivity contribution >= 4 is 44.2 Å². The molecule has 0 saturated heterocycles. The van der Waals surface area contributed by atoms with Gasteiger partial charge in [0.05, 0.1) is 23.4 Å². The number of nitrogens with zero attached hydrogens (tertiary/aromatic N) is 3. The fourth-order valence-corrected chi connectivity index (χ4v) is 4.09. The van der Waals surface area contributed by atoms with Crippen molar-refractivity contribution < 1.29 is 14.3 Å². The van der Waals surface area contributed by atoms with E-state index in [1.54, 1.807) is 41.6 Å². The Morgan fingerprint density at radius 3 is 2.65 bits per heavy atom. The number of pyridine rings is 1. The summed E-state index contributed by atoms with van der Waals surface area (Å²) in [6.45, 7) is 2.75. The van der Waals surface area contributed by atoms with Crippen molar-refractivity contribution in [3.05, 3.63) is 77.6 Å². The van der Waals surface area contributed by atoms with E-state index in [0.717, 1.165) is 21.5 Å². The zero-order valence-corrected chi connectivity index (χ0v) is 18.4. The van der Waals surface area contributed by atoms with Gasteiger partial charge in [0.25, 0.3) is 5.91 Å². The van der Waals surface area contributed by atoms with Gasteiger partial charge in [-0.25, -0.2) is 4.98 Å². The van der Waals surface area contributed by atoms with E-state index in [0.29, 0.717) is 29.1 Å². The number of fused-ring (bicyclic) bond motifs is 1. The second-order valence-corrected chi connectivity index (χ2v) is 8.09. The normalized spacial score (nSPS) is 10.8. The van der Waals surface area contributed by atoms with E-state index in [2.05, 4.69) is 9.97 Å². The average Bonchev–Trinajstić information content (AvgIpc) is 3.21. The molecule has 4 rings (SSSR count). The summed E-state index contributed by atoms with van der Waals surface area (Å²) < 4.78 is 12.2. The Hall–Kier alpha value is -3.16. The number of benzene rings is 2. The first kappa shape index (κ1) is 21.1. The summed E-state index contributed by atoms with van der Waals surface area (Å²) >= 11 is 7.35. The molecule has 8 heteroatoms. The predicted molar refractivity (Wildman–Crippen MR) is 123 cm³/mol. The van der Waals surface area contributed by atoms with Gasteiger partial charge < -0.3 is 9.47 Å². The summed E-state index contributed by atoms with van der Waals surface area (Å²) in [6.07, 6.45) is 3.44. The lowest BCUT2D eigenvalue weighted by molar-refractivity contribution is -0.120. The van der Waals surface area contributed by atoms with E-state index in [-0.39, 0.29) is 12.5 Å². The highest BCUT2D eigenvalue weighted by Crippen LogP contribution is 2.32. The van der Waals surface area contributed by atoms with Crippen LogP contribution >= 0.6 is 22.9 Å². The third kappa shape index (κ3) is 5.31. The third-order valence-corrected chi connectivity index (χ3v) is 5.72. The Kier molecular flexibility index (Phi) is 6.64. The molecule has 0 radical (unpaired) electrons. The molecule has 2 aromatic heterocycles. The molecule has 31 heavy (non-hydrogen) atoms. The quantitative estimate of drug-likeness (QED) is 0.359. The molecule has 0 aliphatic carbocycles. The van der Waals surface area contributed by atoms with E-state index in [4.69, 9.17) is 21.1 Å². The van der Waals surface area contributed by atoms with Gasteiger partial charge in [-0.3, -0.25) is 14.7 Å². The van der Waals surface area contributed by atoms with Crippen molar-refractivity contribution in [3.63, 3.8) is 0 Å². The topological polar surface area (TPSA) is 64.5 Å². The van der Waals surface area contributed by atoms with Crippen LogP contribution in [0.1, 0.15) is 12.5 Å². The minimum absolute atomic E-state index is 0.123. The molecule has 1 amide bonds. The molecular formula is C23H20ClN3O3S. The van der Waals surface area contributed by atoms with E-state index >= 15 is 0 Å². The smallest absolute Gasteiger partial charge is 0.267 e. The van der Waals surface area contributed by atoms with Crippen LogP contribution in [-0.2, 0) is 11.3 Å². The molecule has 0 atom stereocenters. The number of hydrogen-bond donors (Lipinski definition) is 0. The zero-order chi connectivity index (χ0) is 21.6. The van der Waals surface area contributed by atoms with E-state index in [9.17, 15) is 4.79 Å². The number of hydrogen-bond acceptors (Lipinski definition) is 6. The molecule has 2 aromatic carbocycles.